The summed E-state index contributed by atoms with van der Waals surface area (Å²) in [6, 6.07) is 6.36. The van der Waals surface area contributed by atoms with E-state index in [1.54, 1.807) is 14.2 Å². The molecule has 0 aromatic heterocycles. The lowest BCUT2D eigenvalue weighted by Crippen LogP contribution is -2.46. The van der Waals surface area contributed by atoms with Gasteiger partial charge in [0.15, 0.2) is 17.5 Å². The summed E-state index contributed by atoms with van der Waals surface area (Å²) >= 11 is 0. The fourth-order valence-corrected chi connectivity index (χ4v) is 4.81. The molecule has 33 heavy (non-hydrogen) atoms. The number of rotatable bonds is 10. The summed E-state index contributed by atoms with van der Waals surface area (Å²) in [7, 11) is 5.21. The van der Waals surface area contributed by atoms with Gasteiger partial charge in [0.25, 0.3) is 0 Å². The van der Waals surface area contributed by atoms with Crippen molar-refractivity contribution in [2.24, 2.45) is 4.99 Å². The number of hydrogen-bond donors (Lipinski definition) is 2. The highest BCUT2D eigenvalue weighted by Gasteiger charge is 2.34. The molecule has 1 aromatic carbocycles. The summed E-state index contributed by atoms with van der Waals surface area (Å²) in [4.78, 5) is 4.44. The third-order valence-corrected chi connectivity index (χ3v) is 6.76. The molecule has 1 aromatic rings. The normalized spacial score (nSPS) is 18.8. The van der Waals surface area contributed by atoms with E-state index in [2.05, 4.69) is 27.8 Å². The van der Waals surface area contributed by atoms with Crippen LogP contribution in [-0.4, -0.2) is 66.2 Å². The maximum Gasteiger partial charge on any atom is 0.191 e. The van der Waals surface area contributed by atoms with Crippen LogP contribution < -0.4 is 20.1 Å². The highest BCUT2D eigenvalue weighted by atomic mass is 127. The highest BCUT2D eigenvalue weighted by molar-refractivity contribution is 14.0. The third-order valence-electron chi connectivity index (χ3n) is 6.76. The first-order valence-corrected chi connectivity index (χ1v) is 12.1. The van der Waals surface area contributed by atoms with E-state index < -0.39 is 0 Å². The Balaban J connectivity index is 0.00000385. The van der Waals surface area contributed by atoms with Crippen molar-refractivity contribution in [2.45, 2.75) is 62.9 Å². The van der Waals surface area contributed by atoms with Gasteiger partial charge in [-0.25, -0.2) is 0 Å². The van der Waals surface area contributed by atoms with Gasteiger partial charge in [0.2, 0.25) is 0 Å². The van der Waals surface area contributed by atoms with Gasteiger partial charge in [-0.05, 0) is 49.8 Å². The van der Waals surface area contributed by atoms with E-state index >= 15 is 0 Å². The molecule has 188 valence electrons. The molecule has 2 N–H and O–H groups in total. The van der Waals surface area contributed by atoms with Gasteiger partial charge in [-0.3, -0.25) is 4.99 Å². The number of methoxy groups -OCH3 is 2. The number of ether oxygens (including phenoxy) is 4. The number of hydrogen-bond acceptors (Lipinski definition) is 5. The fraction of sp³-hybridized carbons (Fsp3) is 0.720. The van der Waals surface area contributed by atoms with Crippen molar-refractivity contribution in [2.75, 3.05) is 54.2 Å². The van der Waals surface area contributed by atoms with Crippen molar-refractivity contribution in [1.82, 2.24) is 10.6 Å². The van der Waals surface area contributed by atoms with Crippen LogP contribution in [0.15, 0.2) is 23.2 Å². The van der Waals surface area contributed by atoms with Gasteiger partial charge >= 0.3 is 0 Å². The Hall–Kier alpha value is -1.26. The van der Waals surface area contributed by atoms with Crippen LogP contribution >= 0.6 is 24.0 Å². The predicted molar refractivity (Wildman–Crippen MR) is 143 cm³/mol. The summed E-state index contributed by atoms with van der Waals surface area (Å²) in [5, 5.41) is 7.04. The smallest absolute Gasteiger partial charge is 0.191 e. The Kier molecular flexibility index (Phi) is 12.6. The van der Waals surface area contributed by atoms with Gasteiger partial charge in [0.1, 0.15) is 0 Å². The van der Waals surface area contributed by atoms with Gasteiger partial charge < -0.3 is 29.6 Å². The van der Waals surface area contributed by atoms with Crippen LogP contribution in [-0.2, 0) is 14.9 Å². The zero-order valence-electron chi connectivity index (χ0n) is 20.5. The molecule has 0 amide bonds. The lowest BCUT2D eigenvalue weighted by Gasteiger charge is -2.38. The Morgan fingerprint density at radius 1 is 1.06 bits per heavy atom. The molecule has 1 saturated heterocycles. The SMILES string of the molecule is CN=C(NCCCOC1CCOCC1)NCC1(c2ccc(OC)c(OC)c2)CCCCC1.I. The predicted octanol–water partition coefficient (Wildman–Crippen LogP) is 4.27. The minimum atomic E-state index is 0. The van der Waals surface area contributed by atoms with E-state index in [9.17, 15) is 0 Å². The first-order valence-electron chi connectivity index (χ1n) is 12.1. The molecule has 1 heterocycles. The number of guanidine groups is 1. The van der Waals surface area contributed by atoms with Crippen LogP contribution in [0, 0.1) is 0 Å². The first-order chi connectivity index (χ1) is 15.7. The molecule has 1 aliphatic carbocycles. The van der Waals surface area contributed by atoms with Gasteiger partial charge in [-0.15, -0.1) is 24.0 Å². The second-order valence-electron chi connectivity index (χ2n) is 8.80. The molecule has 0 bridgehead atoms. The van der Waals surface area contributed by atoms with Crippen LogP contribution in [0.1, 0.15) is 56.9 Å². The molecule has 0 unspecified atom stereocenters. The monoisotopic (exact) mass is 575 g/mol. The summed E-state index contributed by atoms with van der Waals surface area (Å²) in [5.41, 5.74) is 1.38. The van der Waals surface area contributed by atoms with Gasteiger partial charge in [0.05, 0.1) is 20.3 Å². The van der Waals surface area contributed by atoms with Crippen LogP contribution in [0.25, 0.3) is 0 Å². The van der Waals surface area contributed by atoms with Crippen LogP contribution in [0.2, 0.25) is 0 Å². The Morgan fingerprint density at radius 3 is 2.45 bits per heavy atom. The average molecular weight is 576 g/mol. The maximum atomic E-state index is 5.97. The standard InChI is InChI=1S/C25H41N3O4.HI/c1-26-24(27-14-7-15-32-21-10-16-31-17-11-21)28-19-25(12-5-4-6-13-25)20-8-9-22(29-2)23(18-20)30-3;/h8-9,18,21H,4-7,10-17,19H2,1-3H3,(H2,26,27,28);1H. The van der Waals surface area contributed by atoms with Gasteiger partial charge in [-0.2, -0.15) is 0 Å². The Bertz CT molecular complexity index is 720. The minimum absolute atomic E-state index is 0. The minimum Gasteiger partial charge on any atom is -0.493 e. The quantitative estimate of drug-likeness (QED) is 0.188. The van der Waals surface area contributed by atoms with Crippen LogP contribution in [0.4, 0.5) is 0 Å². The topological polar surface area (TPSA) is 73.3 Å². The molecule has 3 rings (SSSR count). The number of nitrogens with one attached hydrogen (secondary N) is 2. The zero-order chi connectivity index (χ0) is 22.7. The van der Waals surface area contributed by atoms with Crippen molar-refractivity contribution in [3.8, 4) is 11.5 Å². The van der Waals surface area contributed by atoms with E-state index in [1.807, 2.05) is 13.1 Å². The number of benzene rings is 1. The third kappa shape index (κ3) is 8.17. The summed E-state index contributed by atoms with van der Waals surface area (Å²) in [6.45, 7) is 4.10. The van der Waals surface area contributed by atoms with Gasteiger partial charge in [0, 0.05) is 45.4 Å². The van der Waals surface area contributed by atoms with Crippen LogP contribution in [0.3, 0.4) is 0 Å². The number of nitrogens with zero attached hydrogens (tertiary/aromatic N) is 1. The number of halogens is 1. The molecule has 2 fully saturated rings. The van der Waals surface area contributed by atoms with Crippen molar-refractivity contribution in [1.29, 1.82) is 0 Å². The molecule has 2 aliphatic rings. The second kappa shape index (κ2) is 14.9. The lowest BCUT2D eigenvalue weighted by atomic mass is 9.69. The van der Waals surface area contributed by atoms with E-state index in [-0.39, 0.29) is 29.4 Å². The first kappa shape index (κ1) is 28.0. The highest BCUT2D eigenvalue weighted by Crippen LogP contribution is 2.42. The van der Waals surface area contributed by atoms with E-state index in [4.69, 9.17) is 18.9 Å². The molecule has 1 saturated carbocycles. The van der Waals surface area contributed by atoms with Crippen molar-refractivity contribution in [3.05, 3.63) is 23.8 Å². The average Bonchev–Trinajstić information content (AvgIpc) is 2.86. The Morgan fingerprint density at radius 2 is 1.79 bits per heavy atom. The van der Waals surface area contributed by atoms with Crippen molar-refractivity contribution in [3.63, 3.8) is 0 Å². The molecule has 8 heteroatoms. The van der Waals surface area contributed by atoms with Crippen LogP contribution in [0.5, 0.6) is 11.5 Å². The second-order valence-corrected chi connectivity index (χ2v) is 8.80. The number of aliphatic imine (C=N–C) groups is 1. The Labute approximate surface area is 216 Å². The molecule has 0 radical (unpaired) electrons. The van der Waals surface area contributed by atoms with Gasteiger partial charge in [-0.1, -0.05) is 25.3 Å². The van der Waals surface area contributed by atoms with E-state index in [0.717, 1.165) is 82.5 Å². The molecule has 7 nitrogen and oxygen atoms in total. The molecule has 0 spiro atoms. The molecule has 1 aliphatic heterocycles. The van der Waals surface area contributed by atoms with Crippen molar-refractivity contribution < 1.29 is 18.9 Å². The summed E-state index contributed by atoms with van der Waals surface area (Å²) < 4.78 is 22.4. The van der Waals surface area contributed by atoms with Crippen molar-refractivity contribution >= 4 is 29.9 Å². The molecular weight excluding hydrogens is 533 g/mol. The van der Waals surface area contributed by atoms with E-state index in [0.29, 0.717) is 6.10 Å². The molecule has 0 atom stereocenters. The van der Waals surface area contributed by atoms with E-state index in [1.165, 1.54) is 24.8 Å². The fourth-order valence-electron chi connectivity index (χ4n) is 4.81. The summed E-state index contributed by atoms with van der Waals surface area (Å²) in [5.74, 6) is 2.42. The summed E-state index contributed by atoms with van der Waals surface area (Å²) in [6.07, 6.45) is 9.43. The zero-order valence-corrected chi connectivity index (χ0v) is 22.8. The maximum absolute atomic E-state index is 5.97. The lowest BCUT2D eigenvalue weighted by molar-refractivity contribution is -0.0320. The largest absolute Gasteiger partial charge is 0.493 e. The molecular formula is C25H42IN3O4.